The van der Waals surface area contributed by atoms with Crippen LogP contribution in [0.15, 0.2) is 24.8 Å². The Morgan fingerprint density at radius 1 is 0.944 bits per heavy atom. The van der Waals surface area contributed by atoms with Gasteiger partial charge in [-0.25, -0.2) is 9.97 Å². The largest absolute Gasteiger partial charge is 3.00 e. The van der Waals surface area contributed by atoms with E-state index in [1.807, 2.05) is 0 Å². The first kappa shape index (κ1) is 26.6. The monoisotopic (exact) mass is 419 g/mol. The van der Waals surface area contributed by atoms with E-state index in [0.717, 1.165) is 11.6 Å². The fraction of sp³-hybridized carbons (Fsp3) is 0.250. The molecule has 0 saturated heterocycles. The number of aromatic amines is 2. The average Bonchev–Trinajstić information content (AvgIpc) is 2.76. The average molecular weight is 420 g/mol. The van der Waals surface area contributed by atoms with E-state index in [9.17, 15) is 4.21 Å². The van der Waals surface area contributed by atoms with Gasteiger partial charge >= 0.3 is 19.5 Å². The van der Waals surface area contributed by atoms with Crippen molar-refractivity contribution in [3.05, 3.63) is 24.8 Å². The first-order valence-corrected chi connectivity index (χ1v) is 5.91. The van der Waals surface area contributed by atoms with E-state index in [0.29, 0.717) is 0 Å². The van der Waals surface area contributed by atoms with Crippen LogP contribution < -0.4 is 37.2 Å². The van der Waals surface area contributed by atoms with Crippen LogP contribution in [0.4, 0.5) is 0 Å². The number of halogens is 3. The van der Waals surface area contributed by atoms with E-state index < -0.39 is 10.8 Å². The number of H-pyrrole nitrogens is 2. The van der Waals surface area contributed by atoms with Gasteiger partial charge in [-0.1, -0.05) is 0 Å². The van der Waals surface area contributed by atoms with Crippen molar-refractivity contribution in [2.45, 2.75) is 0 Å². The molecule has 0 amide bonds. The summed E-state index contributed by atoms with van der Waals surface area (Å²) in [6, 6.07) is 0. The zero-order valence-electron chi connectivity index (χ0n) is 9.51. The van der Waals surface area contributed by atoms with Crippen molar-refractivity contribution < 1.29 is 60.9 Å². The molecular weight excluding hydrogens is 408 g/mol. The third-order valence-corrected chi connectivity index (χ3v) is 1.22. The Bertz CT molecular complexity index is 349. The Morgan fingerprint density at radius 2 is 1.22 bits per heavy atom. The number of rotatable bonds is 1. The van der Waals surface area contributed by atoms with E-state index in [-0.39, 0.29) is 56.7 Å². The van der Waals surface area contributed by atoms with Gasteiger partial charge in [0, 0.05) is 48.1 Å². The van der Waals surface area contributed by atoms with Crippen LogP contribution in [0.1, 0.15) is 0 Å². The van der Waals surface area contributed by atoms with Crippen molar-refractivity contribution in [3.63, 3.8) is 0 Å². The molecule has 0 fully saturated rings. The third-order valence-electron chi connectivity index (χ3n) is 1.22. The van der Waals surface area contributed by atoms with Gasteiger partial charge in [0.05, 0.1) is 0 Å². The van der Waals surface area contributed by atoms with E-state index >= 15 is 0 Å². The van der Waals surface area contributed by atoms with Gasteiger partial charge in [-0.2, -0.15) is 0 Å². The molecule has 2 aromatic rings. The Kier molecular flexibility index (Phi) is 22.3. The minimum absolute atomic E-state index is 0. The summed E-state index contributed by atoms with van der Waals surface area (Å²) in [6.07, 6.45) is 10.2. The summed E-state index contributed by atoms with van der Waals surface area (Å²) in [5.41, 5.74) is 0. The quantitative estimate of drug-likeness (QED) is 0.451. The van der Waals surface area contributed by atoms with Crippen molar-refractivity contribution in [1.82, 2.24) is 19.9 Å². The molecule has 2 aromatic heterocycles. The molecule has 0 saturated carbocycles. The van der Waals surface area contributed by atoms with Gasteiger partial charge in [-0.3, -0.25) is 4.21 Å². The summed E-state index contributed by atoms with van der Waals surface area (Å²) < 4.78 is 9.56. The molecule has 0 aliphatic carbocycles. The fourth-order valence-corrected chi connectivity index (χ4v) is 0.790. The molecule has 0 spiro atoms. The van der Waals surface area contributed by atoms with E-state index in [1.165, 1.54) is 0 Å². The molecule has 0 aliphatic heterocycles. The van der Waals surface area contributed by atoms with Gasteiger partial charge in [-0.05, 0) is 0 Å². The maximum Gasteiger partial charge on any atom is 3.00 e. The number of aromatic nitrogens is 4. The van der Waals surface area contributed by atoms with Gasteiger partial charge in [-0.15, -0.1) is 0 Å². The smallest absolute Gasteiger partial charge is 1.00 e. The minimum Gasteiger partial charge on any atom is -1.00 e. The first-order chi connectivity index (χ1) is 6.70. The Balaban J connectivity index is -0.000000111. The number of hydrogen-bond acceptors (Lipinski definition) is 3. The topological polar surface area (TPSA) is 74.4 Å². The van der Waals surface area contributed by atoms with Crippen molar-refractivity contribution in [2.24, 2.45) is 0 Å². The summed E-state index contributed by atoms with van der Waals surface area (Å²) in [7, 11) is -0.611. The summed E-state index contributed by atoms with van der Waals surface area (Å²) in [4.78, 5) is 13.9. The van der Waals surface area contributed by atoms with Crippen LogP contribution in [-0.2, 0) is 30.3 Å². The SMILES string of the molecule is CS(C)=O.[Cl-].[Cl-].[Cl-].[Ru+3].c1c[nH]c(-c2ncc[nH]2)n1. The van der Waals surface area contributed by atoms with Crippen molar-refractivity contribution in [2.75, 3.05) is 12.5 Å². The molecule has 105 valence electrons. The number of nitrogens with zero attached hydrogens (tertiary/aromatic N) is 2. The van der Waals surface area contributed by atoms with Crippen LogP contribution in [0.5, 0.6) is 0 Å². The second-order valence-corrected chi connectivity index (χ2v) is 4.10. The van der Waals surface area contributed by atoms with Crippen LogP contribution in [0, 0.1) is 0 Å². The molecule has 2 N–H and O–H groups in total. The van der Waals surface area contributed by atoms with Gasteiger partial charge < -0.3 is 47.2 Å². The molecule has 10 heteroatoms. The predicted molar refractivity (Wildman–Crippen MR) is 56.2 cm³/mol. The molecule has 0 aromatic carbocycles. The van der Waals surface area contributed by atoms with Crippen LogP contribution in [-0.4, -0.2) is 36.7 Å². The minimum atomic E-state index is -0.611. The first-order valence-electron chi connectivity index (χ1n) is 3.94. The van der Waals surface area contributed by atoms with E-state index in [4.69, 9.17) is 0 Å². The van der Waals surface area contributed by atoms with Crippen molar-refractivity contribution in [1.29, 1.82) is 0 Å². The second-order valence-electron chi connectivity index (χ2n) is 2.62. The maximum atomic E-state index is 9.56. The second kappa shape index (κ2) is 15.1. The zero-order valence-corrected chi connectivity index (χ0v) is 14.3. The fourth-order valence-electron chi connectivity index (χ4n) is 0.790. The Morgan fingerprint density at radius 3 is 1.39 bits per heavy atom. The number of imidazole rings is 2. The van der Waals surface area contributed by atoms with Gasteiger partial charge in [0.15, 0.2) is 11.6 Å². The van der Waals surface area contributed by atoms with Gasteiger partial charge in [0.25, 0.3) is 0 Å². The van der Waals surface area contributed by atoms with Crippen molar-refractivity contribution in [3.8, 4) is 11.6 Å². The van der Waals surface area contributed by atoms with Crippen LogP contribution in [0.3, 0.4) is 0 Å². The van der Waals surface area contributed by atoms with E-state index in [2.05, 4.69) is 19.9 Å². The Hall–Kier alpha value is 0.0634. The molecule has 0 bridgehead atoms. The number of hydrogen-bond donors (Lipinski definition) is 2. The van der Waals surface area contributed by atoms with E-state index in [1.54, 1.807) is 37.3 Å². The molecule has 0 unspecified atom stereocenters. The molecule has 5 nitrogen and oxygen atoms in total. The maximum absolute atomic E-state index is 9.56. The van der Waals surface area contributed by atoms with Crippen LogP contribution in [0.25, 0.3) is 11.6 Å². The third kappa shape index (κ3) is 11.2. The van der Waals surface area contributed by atoms with Crippen LogP contribution in [0.2, 0.25) is 0 Å². The summed E-state index contributed by atoms with van der Waals surface area (Å²) in [5.74, 6) is 1.54. The summed E-state index contributed by atoms with van der Waals surface area (Å²) in [5, 5.41) is 0. The molecule has 0 aliphatic rings. The standard InChI is InChI=1S/C6H6N4.C2H6OS.3ClH.Ru/c1-2-8-5(7-1)6-9-3-4-10-6;1-4(2)3;;;;/h1-4H,(H,7,8)(H,9,10);1-2H3;3*1H;/q;;;;;+3/p-3. The normalized spacial score (nSPS) is 7.50. The molecule has 2 rings (SSSR count). The molecule has 0 atom stereocenters. The van der Waals surface area contributed by atoms with Crippen molar-refractivity contribution >= 4 is 10.8 Å². The van der Waals surface area contributed by atoms with Gasteiger partial charge in [0.1, 0.15) is 0 Å². The zero-order chi connectivity index (χ0) is 10.4. The summed E-state index contributed by atoms with van der Waals surface area (Å²) in [6.45, 7) is 0. The number of nitrogens with one attached hydrogen (secondary N) is 2. The molecular formula is C8H12Cl3N4ORuS. The molecule has 2 heterocycles. The molecule has 1 radical (unpaired) electrons. The van der Waals surface area contributed by atoms with Crippen LogP contribution >= 0.6 is 0 Å². The predicted octanol–water partition coefficient (Wildman–Crippen LogP) is -8.20. The van der Waals surface area contributed by atoms with Gasteiger partial charge in [0.2, 0.25) is 0 Å². The Labute approximate surface area is 140 Å². The summed E-state index contributed by atoms with van der Waals surface area (Å²) >= 11 is 0. The molecule has 18 heavy (non-hydrogen) atoms.